The predicted molar refractivity (Wildman–Crippen MR) is 91.6 cm³/mol. The summed E-state index contributed by atoms with van der Waals surface area (Å²) in [4.78, 5) is 26.3. The molecule has 0 radical (unpaired) electrons. The Balaban J connectivity index is 1.90. The molecule has 8 nitrogen and oxygen atoms in total. The summed E-state index contributed by atoms with van der Waals surface area (Å²) in [5.74, 6) is -0.380. The number of nitro benzene ring substituents is 1. The number of carbonyl (C=O) groups is 1. The Hall–Kier alpha value is -3.13. The number of amidine groups is 1. The second-order valence-electron chi connectivity index (χ2n) is 4.94. The van der Waals surface area contributed by atoms with Crippen LogP contribution in [0.25, 0.3) is 0 Å². The van der Waals surface area contributed by atoms with Gasteiger partial charge in [0.1, 0.15) is 5.75 Å². The normalized spacial score (nSPS) is 11.0. The van der Waals surface area contributed by atoms with Crippen LogP contribution in [-0.2, 0) is 9.63 Å². The molecule has 0 bridgehead atoms. The molecule has 0 saturated carbocycles. The first-order valence-electron chi connectivity index (χ1n) is 7.04. The highest BCUT2D eigenvalue weighted by Gasteiger charge is 2.09. The topological polar surface area (TPSA) is 117 Å². The Kier molecular flexibility index (Phi) is 5.91. The first-order valence-corrected chi connectivity index (χ1v) is 7.41. The number of nitrogens with zero attached hydrogens (tertiary/aromatic N) is 2. The molecule has 0 unspecified atom stereocenters. The van der Waals surface area contributed by atoms with Crippen LogP contribution in [0.1, 0.15) is 11.1 Å². The number of ether oxygens (including phenoxy) is 1. The highest BCUT2D eigenvalue weighted by atomic mass is 35.5. The zero-order chi connectivity index (χ0) is 18.4. The monoisotopic (exact) mass is 363 g/mol. The van der Waals surface area contributed by atoms with Crippen LogP contribution in [0.15, 0.2) is 47.6 Å². The van der Waals surface area contributed by atoms with E-state index in [4.69, 9.17) is 22.1 Å². The van der Waals surface area contributed by atoms with Crippen molar-refractivity contribution in [3.05, 3.63) is 68.7 Å². The van der Waals surface area contributed by atoms with Crippen molar-refractivity contribution in [2.45, 2.75) is 6.92 Å². The molecule has 0 atom stereocenters. The van der Waals surface area contributed by atoms with Crippen molar-refractivity contribution in [1.29, 1.82) is 0 Å². The van der Waals surface area contributed by atoms with Gasteiger partial charge in [-0.15, -0.1) is 0 Å². The van der Waals surface area contributed by atoms with Crippen molar-refractivity contribution in [2.75, 3.05) is 6.61 Å². The molecular weight excluding hydrogens is 350 g/mol. The molecule has 2 aromatic carbocycles. The fourth-order valence-corrected chi connectivity index (χ4v) is 1.90. The van der Waals surface area contributed by atoms with E-state index in [1.165, 1.54) is 24.3 Å². The molecule has 0 fully saturated rings. The van der Waals surface area contributed by atoms with Crippen LogP contribution in [0.3, 0.4) is 0 Å². The van der Waals surface area contributed by atoms with Crippen LogP contribution in [0.4, 0.5) is 5.69 Å². The van der Waals surface area contributed by atoms with E-state index in [0.717, 1.165) is 5.56 Å². The molecule has 0 heterocycles. The second kappa shape index (κ2) is 8.11. The minimum atomic E-state index is -0.752. The molecule has 25 heavy (non-hydrogen) atoms. The summed E-state index contributed by atoms with van der Waals surface area (Å²) < 4.78 is 5.27. The Morgan fingerprint density at radius 1 is 1.28 bits per heavy atom. The Bertz CT molecular complexity index is 821. The molecule has 0 aromatic heterocycles. The smallest absolute Gasteiger partial charge is 0.372 e. The third-order valence-electron chi connectivity index (χ3n) is 3.11. The molecule has 9 heteroatoms. The minimum Gasteiger partial charge on any atom is -0.482 e. The SMILES string of the molecule is Cc1cc(OCC(=O)ON=C(N)c2ccc([N+](=O)[O-])cc2)ccc1Cl. The van der Waals surface area contributed by atoms with Crippen LogP contribution < -0.4 is 10.5 Å². The van der Waals surface area contributed by atoms with E-state index in [-0.39, 0.29) is 18.1 Å². The van der Waals surface area contributed by atoms with Crippen LogP contribution in [0, 0.1) is 17.0 Å². The third-order valence-corrected chi connectivity index (χ3v) is 3.53. The summed E-state index contributed by atoms with van der Waals surface area (Å²) in [6.45, 7) is 1.45. The summed E-state index contributed by atoms with van der Waals surface area (Å²) >= 11 is 5.90. The predicted octanol–water partition coefficient (Wildman–Crippen LogP) is 2.80. The van der Waals surface area contributed by atoms with Gasteiger partial charge in [0.2, 0.25) is 0 Å². The van der Waals surface area contributed by atoms with Gasteiger partial charge in [0, 0.05) is 22.7 Å². The lowest BCUT2D eigenvalue weighted by molar-refractivity contribution is -0.384. The maximum absolute atomic E-state index is 11.6. The number of benzene rings is 2. The molecule has 2 N–H and O–H groups in total. The second-order valence-corrected chi connectivity index (χ2v) is 5.35. The largest absolute Gasteiger partial charge is 0.482 e. The number of hydrogen-bond donors (Lipinski definition) is 1. The van der Waals surface area contributed by atoms with Gasteiger partial charge in [-0.2, -0.15) is 0 Å². The standard InChI is InChI=1S/C16H14ClN3O5/c1-10-8-13(6-7-14(10)17)24-9-15(21)25-19-16(18)11-2-4-12(5-3-11)20(22)23/h2-8H,9H2,1H3,(H2,18,19). The van der Waals surface area contributed by atoms with E-state index in [9.17, 15) is 14.9 Å². The van der Waals surface area contributed by atoms with Crippen molar-refractivity contribution >= 4 is 29.1 Å². The van der Waals surface area contributed by atoms with Crippen LogP contribution in [0.2, 0.25) is 5.02 Å². The van der Waals surface area contributed by atoms with Gasteiger partial charge in [0.05, 0.1) is 4.92 Å². The molecule has 0 amide bonds. The van der Waals surface area contributed by atoms with Crippen LogP contribution in [-0.4, -0.2) is 23.3 Å². The average Bonchev–Trinajstić information content (AvgIpc) is 2.60. The van der Waals surface area contributed by atoms with Gasteiger partial charge in [0.15, 0.2) is 12.4 Å². The lowest BCUT2D eigenvalue weighted by atomic mass is 10.2. The number of halogens is 1. The molecule has 0 aliphatic rings. The zero-order valence-electron chi connectivity index (χ0n) is 13.1. The van der Waals surface area contributed by atoms with Gasteiger partial charge in [0.25, 0.3) is 5.69 Å². The summed E-state index contributed by atoms with van der Waals surface area (Å²) in [5.41, 5.74) is 6.77. The Morgan fingerprint density at radius 3 is 2.56 bits per heavy atom. The van der Waals surface area contributed by atoms with Crippen LogP contribution >= 0.6 is 11.6 Å². The van der Waals surface area contributed by atoms with Crippen molar-refractivity contribution in [3.63, 3.8) is 0 Å². The fourth-order valence-electron chi connectivity index (χ4n) is 1.78. The Labute approximate surface area is 147 Å². The van der Waals surface area contributed by atoms with E-state index in [1.807, 2.05) is 6.92 Å². The lowest BCUT2D eigenvalue weighted by Gasteiger charge is -2.06. The molecule has 0 aliphatic carbocycles. The first-order chi connectivity index (χ1) is 11.9. The number of oxime groups is 1. The van der Waals surface area contributed by atoms with Gasteiger partial charge in [-0.05, 0) is 42.8 Å². The number of hydrogen-bond acceptors (Lipinski definition) is 6. The first kappa shape index (κ1) is 18.2. The van der Waals surface area contributed by atoms with Crippen molar-refractivity contribution < 1.29 is 19.3 Å². The summed E-state index contributed by atoms with van der Waals surface area (Å²) in [6.07, 6.45) is 0. The van der Waals surface area contributed by atoms with Gasteiger partial charge in [-0.3, -0.25) is 10.1 Å². The molecule has 0 aliphatic heterocycles. The minimum absolute atomic E-state index is 0.0831. The zero-order valence-corrected chi connectivity index (χ0v) is 13.9. The molecule has 2 aromatic rings. The maximum atomic E-state index is 11.6. The van der Waals surface area contributed by atoms with E-state index in [2.05, 4.69) is 9.99 Å². The van der Waals surface area contributed by atoms with Crippen molar-refractivity contribution in [2.24, 2.45) is 10.9 Å². The molecule has 0 spiro atoms. The number of non-ortho nitro benzene ring substituents is 1. The summed E-state index contributed by atoms with van der Waals surface area (Å²) in [7, 11) is 0. The molecule has 0 saturated heterocycles. The Morgan fingerprint density at radius 2 is 1.96 bits per heavy atom. The number of aryl methyl sites for hydroxylation is 1. The van der Waals surface area contributed by atoms with E-state index < -0.39 is 10.9 Å². The maximum Gasteiger partial charge on any atom is 0.372 e. The molecular formula is C16H14ClN3O5. The number of nitro groups is 1. The number of rotatable bonds is 6. The van der Waals surface area contributed by atoms with Crippen molar-refractivity contribution in [1.82, 2.24) is 0 Å². The van der Waals surface area contributed by atoms with Gasteiger partial charge in [-0.25, -0.2) is 4.79 Å². The third kappa shape index (κ3) is 5.18. The average molecular weight is 364 g/mol. The molecule has 2 rings (SSSR count). The summed E-state index contributed by atoms with van der Waals surface area (Å²) in [5, 5.41) is 14.7. The van der Waals surface area contributed by atoms with Crippen molar-refractivity contribution in [3.8, 4) is 5.75 Å². The number of nitrogens with two attached hydrogens (primary N) is 1. The van der Waals surface area contributed by atoms with Gasteiger partial charge in [-0.1, -0.05) is 16.8 Å². The van der Waals surface area contributed by atoms with Gasteiger partial charge >= 0.3 is 5.97 Å². The quantitative estimate of drug-likeness (QED) is 0.277. The highest BCUT2D eigenvalue weighted by Crippen LogP contribution is 2.21. The highest BCUT2D eigenvalue weighted by molar-refractivity contribution is 6.31. The summed E-state index contributed by atoms with van der Waals surface area (Å²) in [6, 6.07) is 10.3. The number of carbonyl (C=O) groups excluding carboxylic acids is 1. The van der Waals surface area contributed by atoms with E-state index in [1.54, 1.807) is 18.2 Å². The van der Waals surface area contributed by atoms with E-state index in [0.29, 0.717) is 16.3 Å². The fraction of sp³-hybridized carbons (Fsp3) is 0.125. The van der Waals surface area contributed by atoms with Gasteiger partial charge < -0.3 is 15.3 Å². The van der Waals surface area contributed by atoms with E-state index >= 15 is 0 Å². The molecule has 130 valence electrons. The lowest BCUT2D eigenvalue weighted by Crippen LogP contribution is -2.18. The van der Waals surface area contributed by atoms with Crippen LogP contribution in [0.5, 0.6) is 5.75 Å².